The average Bonchev–Trinajstić information content (AvgIpc) is 3.06. The summed E-state index contributed by atoms with van der Waals surface area (Å²) in [5, 5.41) is 3.08. The minimum atomic E-state index is -0.407. The number of carbonyl (C=O) groups is 1. The summed E-state index contributed by atoms with van der Waals surface area (Å²) < 4.78 is 11.5. The Morgan fingerprint density at radius 1 is 1.40 bits per heavy atom. The normalized spacial score (nSPS) is 29.4. The van der Waals surface area contributed by atoms with Gasteiger partial charge in [0.05, 0.1) is 19.1 Å². The summed E-state index contributed by atoms with van der Waals surface area (Å²) in [5.74, 6) is 0.787. The summed E-state index contributed by atoms with van der Waals surface area (Å²) in [6, 6.07) is 6.11. The van der Waals surface area contributed by atoms with Crippen molar-refractivity contribution in [3.8, 4) is 5.75 Å². The Morgan fingerprint density at radius 3 is 2.96 bits per heavy atom. The second kappa shape index (κ2) is 7.75. The van der Waals surface area contributed by atoms with Crippen molar-refractivity contribution in [3.63, 3.8) is 0 Å². The molecule has 0 spiro atoms. The van der Waals surface area contributed by atoms with E-state index >= 15 is 0 Å². The molecule has 1 aliphatic heterocycles. The Morgan fingerprint density at radius 2 is 2.24 bits per heavy atom. The third-order valence-electron chi connectivity index (χ3n) is 5.43. The molecule has 25 heavy (non-hydrogen) atoms. The molecule has 1 saturated carbocycles. The Hall–Kier alpha value is -1.59. The Labute approximate surface area is 150 Å². The maximum atomic E-state index is 12.7. The van der Waals surface area contributed by atoms with E-state index in [1.165, 1.54) is 0 Å². The van der Waals surface area contributed by atoms with Crippen molar-refractivity contribution in [1.29, 1.82) is 0 Å². The molecule has 1 heterocycles. The summed E-state index contributed by atoms with van der Waals surface area (Å²) >= 11 is 0. The van der Waals surface area contributed by atoms with Crippen LogP contribution < -0.4 is 15.8 Å². The molecule has 138 valence electrons. The van der Waals surface area contributed by atoms with Crippen LogP contribution in [0.2, 0.25) is 0 Å². The van der Waals surface area contributed by atoms with Gasteiger partial charge in [-0.3, -0.25) is 4.79 Å². The quantitative estimate of drug-likeness (QED) is 0.860. The highest BCUT2D eigenvalue weighted by atomic mass is 16.5. The lowest BCUT2D eigenvalue weighted by molar-refractivity contribution is -0.128. The summed E-state index contributed by atoms with van der Waals surface area (Å²) in [6.07, 6.45) is 4.97. The molecule has 0 radical (unpaired) electrons. The molecular weight excluding hydrogens is 316 g/mol. The SMILES string of the molecule is Cc1ccc(CNC(=O)C2CCCCC2(C)N)c(OC2CCOC2)c1. The van der Waals surface area contributed by atoms with E-state index in [-0.39, 0.29) is 17.9 Å². The Balaban J connectivity index is 1.64. The van der Waals surface area contributed by atoms with Gasteiger partial charge in [0.2, 0.25) is 5.91 Å². The minimum Gasteiger partial charge on any atom is -0.488 e. The lowest BCUT2D eigenvalue weighted by atomic mass is 9.74. The molecule has 1 saturated heterocycles. The number of rotatable bonds is 5. The van der Waals surface area contributed by atoms with Crippen LogP contribution in [0.25, 0.3) is 0 Å². The number of nitrogens with two attached hydrogens (primary N) is 1. The van der Waals surface area contributed by atoms with Crippen LogP contribution in [0.5, 0.6) is 5.75 Å². The summed E-state index contributed by atoms with van der Waals surface area (Å²) in [6.45, 7) is 5.89. The number of benzene rings is 1. The zero-order valence-corrected chi connectivity index (χ0v) is 15.3. The molecule has 2 fully saturated rings. The molecule has 2 aliphatic rings. The van der Waals surface area contributed by atoms with E-state index in [0.29, 0.717) is 13.2 Å². The molecule has 3 rings (SSSR count). The van der Waals surface area contributed by atoms with Crippen LogP contribution in [0.4, 0.5) is 0 Å². The maximum Gasteiger partial charge on any atom is 0.225 e. The zero-order valence-electron chi connectivity index (χ0n) is 15.3. The second-order valence-electron chi connectivity index (χ2n) is 7.74. The van der Waals surface area contributed by atoms with Gasteiger partial charge >= 0.3 is 0 Å². The third-order valence-corrected chi connectivity index (χ3v) is 5.43. The number of aryl methyl sites for hydroxylation is 1. The molecule has 5 heteroatoms. The molecule has 3 N–H and O–H groups in total. The van der Waals surface area contributed by atoms with Gasteiger partial charge in [0, 0.05) is 24.1 Å². The van der Waals surface area contributed by atoms with Crippen LogP contribution in [0.15, 0.2) is 18.2 Å². The fourth-order valence-corrected chi connectivity index (χ4v) is 3.80. The van der Waals surface area contributed by atoms with Crippen molar-refractivity contribution in [2.75, 3.05) is 13.2 Å². The molecule has 1 aliphatic carbocycles. The van der Waals surface area contributed by atoms with Crippen molar-refractivity contribution >= 4 is 5.91 Å². The predicted octanol–water partition coefficient (Wildman–Crippen LogP) is 2.69. The van der Waals surface area contributed by atoms with E-state index in [2.05, 4.69) is 5.32 Å². The molecule has 3 unspecified atom stereocenters. The predicted molar refractivity (Wildman–Crippen MR) is 97.4 cm³/mol. The molecular formula is C20H30N2O3. The topological polar surface area (TPSA) is 73.6 Å². The number of ether oxygens (including phenoxy) is 2. The van der Waals surface area contributed by atoms with Gasteiger partial charge in [-0.15, -0.1) is 0 Å². The lowest BCUT2D eigenvalue weighted by Gasteiger charge is -2.37. The van der Waals surface area contributed by atoms with Crippen molar-refractivity contribution < 1.29 is 14.3 Å². The van der Waals surface area contributed by atoms with E-state index in [1.807, 2.05) is 32.0 Å². The van der Waals surface area contributed by atoms with Gasteiger partial charge in [0.15, 0.2) is 0 Å². The number of nitrogens with one attached hydrogen (secondary N) is 1. The van der Waals surface area contributed by atoms with Gasteiger partial charge in [-0.1, -0.05) is 25.0 Å². The number of carbonyl (C=O) groups excluding carboxylic acids is 1. The van der Waals surface area contributed by atoms with Gasteiger partial charge in [-0.2, -0.15) is 0 Å². The molecule has 3 atom stereocenters. The van der Waals surface area contributed by atoms with Crippen molar-refractivity contribution in [2.45, 2.75) is 64.1 Å². The monoisotopic (exact) mass is 346 g/mol. The Kier molecular flexibility index (Phi) is 5.64. The fourth-order valence-electron chi connectivity index (χ4n) is 3.80. The van der Waals surface area contributed by atoms with Crippen molar-refractivity contribution in [1.82, 2.24) is 5.32 Å². The van der Waals surface area contributed by atoms with Gasteiger partial charge in [0.1, 0.15) is 11.9 Å². The van der Waals surface area contributed by atoms with Crippen molar-refractivity contribution in [2.24, 2.45) is 11.7 Å². The smallest absolute Gasteiger partial charge is 0.225 e. The minimum absolute atomic E-state index is 0.0559. The molecule has 0 bridgehead atoms. The van der Waals surface area contributed by atoms with Gasteiger partial charge in [-0.05, 0) is 38.3 Å². The van der Waals surface area contributed by atoms with E-state index in [4.69, 9.17) is 15.2 Å². The molecule has 1 amide bonds. The standard InChI is InChI=1S/C20H30N2O3/c1-14-6-7-15(18(11-14)25-16-8-10-24-13-16)12-22-19(23)17-5-3-4-9-20(17,2)21/h6-7,11,16-17H,3-5,8-10,12-13,21H2,1-2H3,(H,22,23). The van der Waals surface area contributed by atoms with Crippen LogP contribution in [0.3, 0.4) is 0 Å². The molecule has 0 aromatic heterocycles. The summed E-state index contributed by atoms with van der Waals surface area (Å²) in [4.78, 5) is 12.7. The summed E-state index contributed by atoms with van der Waals surface area (Å²) in [5.41, 5.74) is 8.09. The highest BCUT2D eigenvalue weighted by molar-refractivity contribution is 5.80. The number of hydrogen-bond acceptors (Lipinski definition) is 4. The van der Waals surface area contributed by atoms with Gasteiger partial charge < -0.3 is 20.5 Å². The average molecular weight is 346 g/mol. The highest BCUT2D eigenvalue weighted by Gasteiger charge is 2.37. The van der Waals surface area contributed by atoms with Crippen LogP contribution in [-0.4, -0.2) is 30.8 Å². The first-order chi connectivity index (χ1) is 12.0. The second-order valence-corrected chi connectivity index (χ2v) is 7.74. The zero-order chi connectivity index (χ0) is 17.9. The van der Waals surface area contributed by atoms with E-state index in [1.54, 1.807) is 0 Å². The first-order valence-electron chi connectivity index (χ1n) is 9.36. The van der Waals surface area contributed by atoms with E-state index in [9.17, 15) is 4.79 Å². The lowest BCUT2D eigenvalue weighted by Crippen LogP contribution is -2.52. The third kappa shape index (κ3) is 4.53. The van der Waals surface area contributed by atoms with Crippen LogP contribution >= 0.6 is 0 Å². The molecule has 1 aromatic rings. The fraction of sp³-hybridized carbons (Fsp3) is 0.650. The van der Waals surface area contributed by atoms with Crippen molar-refractivity contribution in [3.05, 3.63) is 29.3 Å². The molecule has 5 nitrogen and oxygen atoms in total. The maximum absolute atomic E-state index is 12.7. The van der Waals surface area contributed by atoms with E-state index < -0.39 is 5.54 Å². The largest absolute Gasteiger partial charge is 0.488 e. The highest BCUT2D eigenvalue weighted by Crippen LogP contribution is 2.32. The Bertz CT molecular complexity index is 609. The van der Waals surface area contributed by atoms with Crippen LogP contribution in [0, 0.1) is 12.8 Å². The van der Waals surface area contributed by atoms with Crippen LogP contribution in [-0.2, 0) is 16.1 Å². The van der Waals surface area contributed by atoms with Gasteiger partial charge in [0.25, 0.3) is 0 Å². The summed E-state index contributed by atoms with van der Waals surface area (Å²) in [7, 11) is 0. The molecule has 1 aromatic carbocycles. The number of hydrogen-bond donors (Lipinski definition) is 2. The van der Waals surface area contributed by atoms with Gasteiger partial charge in [-0.25, -0.2) is 0 Å². The first-order valence-corrected chi connectivity index (χ1v) is 9.36. The first kappa shape index (κ1) is 18.2. The number of amides is 1. The van der Waals surface area contributed by atoms with E-state index in [0.717, 1.165) is 55.6 Å². The van der Waals surface area contributed by atoms with Crippen LogP contribution in [0.1, 0.15) is 50.2 Å².